The Morgan fingerprint density at radius 3 is 2.14 bits per heavy atom. The highest BCUT2D eigenvalue weighted by Crippen LogP contribution is 2.06. The van der Waals surface area contributed by atoms with E-state index in [2.05, 4.69) is 15.6 Å². The van der Waals surface area contributed by atoms with E-state index in [1.54, 1.807) is 42.7 Å². The first-order valence-electron chi connectivity index (χ1n) is 6.54. The fourth-order valence-corrected chi connectivity index (χ4v) is 2.02. The molecule has 6 heteroatoms. The molecule has 112 valence electrons. The first kappa shape index (κ1) is 15.8. The molecule has 0 aliphatic heterocycles. The highest BCUT2D eigenvalue weighted by atomic mass is 32.2. The number of carbonyl (C=O) groups is 2. The molecule has 0 saturated carbocycles. The molecule has 2 N–H and O–H groups in total. The van der Waals surface area contributed by atoms with Crippen LogP contribution >= 0.6 is 11.8 Å². The minimum atomic E-state index is -0.538. The Labute approximate surface area is 132 Å². The van der Waals surface area contributed by atoms with Crippen molar-refractivity contribution in [2.45, 2.75) is 0 Å². The summed E-state index contributed by atoms with van der Waals surface area (Å²) in [5, 5.41) is 5.48. The van der Waals surface area contributed by atoms with Crippen LogP contribution in [0.3, 0.4) is 0 Å². The van der Waals surface area contributed by atoms with Crippen molar-refractivity contribution in [3.63, 3.8) is 0 Å². The zero-order chi connectivity index (χ0) is 15.8. The van der Waals surface area contributed by atoms with Crippen LogP contribution in [0.2, 0.25) is 0 Å². The predicted octanol–water partition coefficient (Wildman–Crippen LogP) is 3.37. The molecule has 0 radical (unpaired) electrons. The number of para-hydroxylation sites is 1. The van der Waals surface area contributed by atoms with E-state index >= 15 is 0 Å². The molecule has 0 fully saturated rings. The molecule has 2 aromatic rings. The smallest absolute Gasteiger partial charge is 0.306 e. The highest BCUT2D eigenvalue weighted by Gasteiger charge is 2.09. The molecule has 0 unspecified atom stereocenters. The molecule has 22 heavy (non-hydrogen) atoms. The molecule has 2 rings (SSSR count). The Bertz CT molecular complexity index is 672. The number of aliphatic imine (C=N–C) groups is 1. The average Bonchev–Trinajstić information content (AvgIpc) is 2.55. The van der Waals surface area contributed by atoms with Crippen molar-refractivity contribution < 1.29 is 9.59 Å². The van der Waals surface area contributed by atoms with E-state index in [-0.39, 0.29) is 11.1 Å². The van der Waals surface area contributed by atoms with Crippen LogP contribution in [0.15, 0.2) is 65.7 Å². The van der Waals surface area contributed by atoms with Gasteiger partial charge in [0.25, 0.3) is 5.91 Å². The number of amides is 3. The summed E-state index contributed by atoms with van der Waals surface area (Å²) in [4.78, 5) is 27.7. The average molecular weight is 313 g/mol. The topological polar surface area (TPSA) is 70.6 Å². The van der Waals surface area contributed by atoms with Gasteiger partial charge in [0.2, 0.25) is 0 Å². The highest BCUT2D eigenvalue weighted by molar-refractivity contribution is 8.13. The summed E-state index contributed by atoms with van der Waals surface area (Å²) in [6.07, 6.45) is 1.74. The van der Waals surface area contributed by atoms with Gasteiger partial charge in [-0.25, -0.2) is 4.79 Å². The van der Waals surface area contributed by atoms with Gasteiger partial charge in [-0.15, -0.1) is 0 Å². The maximum atomic E-state index is 12.0. The fourth-order valence-electron chi connectivity index (χ4n) is 1.65. The molecule has 0 saturated heterocycles. The van der Waals surface area contributed by atoms with Gasteiger partial charge in [0.05, 0.1) is 0 Å². The second-order valence-electron chi connectivity index (χ2n) is 4.24. The SMILES string of the molecule is CSC(=NC(=O)Nc1ccccc1)NC(=O)c1ccccc1. The Hall–Kier alpha value is -2.60. The number of rotatable bonds is 2. The van der Waals surface area contributed by atoms with E-state index in [4.69, 9.17) is 0 Å². The fraction of sp³-hybridized carbons (Fsp3) is 0.0625. The monoisotopic (exact) mass is 313 g/mol. The van der Waals surface area contributed by atoms with Gasteiger partial charge in [-0.05, 0) is 30.5 Å². The van der Waals surface area contributed by atoms with Gasteiger partial charge in [-0.3, -0.25) is 4.79 Å². The third-order valence-electron chi connectivity index (χ3n) is 2.68. The largest absolute Gasteiger partial charge is 0.347 e. The molecule has 5 nitrogen and oxygen atoms in total. The zero-order valence-electron chi connectivity index (χ0n) is 11.9. The third kappa shape index (κ3) is 4.75. The number of nitrogens with zero attached hydrogens (tertiary/aromatic N) is 1. The van der Waals surface area contributed by atoms with Gasteiger partial charge >= 0.3 is 6.03 Å². The van der Waals surface area contributed by atoms with E-state index in [1.165, 1.54) is 11.8 Å². The Morgan fingerprint density at radius 2 is 1.55 bits per heavy atom. The van der Waals surface area contributed by atoms with E-state index in [0.29, 0.717) is 11.3 Å². The number of carbonyl (C=O) groups excluding carboxylic acids is 2. The minimum absolute atomic E-state index is 0.238. The normalized spacial score (nSPS) is 10.9. The molecule has 0 atom stereocenters. The Kier molecular flexibility index (Phi) is 5.73. The maximum Gasteiger partial charge on any atom is 0.347 e. The number of amidine groups is 1. The van der Waals surface area contributed by atoms with Crippen LogP contribution in [-0.2, 0) is 0 Å². The summed E-state index contributed by atoms with van der Waals surface area (Å²) < 4.78 is 0. The van der Waals surface area contributed by atoms with Gasteiger partial charge in [-0.2, -0.15) is 4.99 Å². The summed E-state index contributed by atoms with van der Waals surface area (Å²) in [6, 6.07) is 17.2. The van der Waals surface area contributed by atoms with Gasteiger partial charge < -0.3 is 10.6 Å². The maximum absolute atomic E-state index is 12.0. The number of thioether (sulfide) groups is 1. The van der Waals surface area contributed by atoms with Crippen molar-refractivity contribution in [3.8, 4) is 0 Å². The lowest BCUT2D eigenvalue weighted by molar-refractivity contribution is 0.0978. The van der Waals surface area contributed by atoms with Crippen LogP contribution in [0, 0.1) is 0 Å². The molecule has 0 bridgehead atoms. The van der Waals surface area contributed by atoms with Crippen LogP contribution in [0.4, 0.5) is 10.5 Å². The summed E-state index contributed by atoms with van der Waals surface area (Å²) >= 11 is 1.19. The van der Waals surface area contributed by atoms with E-state index < -0.39 is 6.03 Å². The summed E-state index contributed by atoms with van der Waals surface area (Å²) in [5.74, 6) is -0.304. The van der Waals surface area contributed by atoms with Gasteiger partial charge in [0.1, 0.15) is 0 Å². The Morgan fingerprint density at radius 1 is 0.955 bits per heavy atom. The number of nitrogens with one attached hydrogen (secondary N) is 2. The van der Waals surface area contributed by atoms with Crippen molar-refractivity contribution in [1.82, 2.24) is 5.32 Å². The molecule has 3 amide bonds. The van der Waals surface area contributed by atoms with Crippen LogP contribution in [0.1, 0.15) is 10.4 Å². The number of benzene rings is 2. The number of urea groups is 1. The number of hydrogen-bond donors (Lipinski definition) is 2. The quantitative estimate of drug-likeness (QED) is 0.659. The zero-order valence-corrected chi connectivity index (χ0v) is 12.8. The van der Waals surface area contributed by atoms with Crippen LogP contribution < -0.4 is 10.6 Å². The van der Waals surface area contributed by atoms with Gasteiger partial charge in [0, 0.05) is 11.3 Å². The van der Waals surface area contributed by atoms with E-state index in [0.717, 1.165) is 0 Å². The first-order valence-corrected chi connectivity index (χ1v) is 7.76. The van der Waals surface area contributed by atoms with Gasteiger partial charge in [0.15, 0.2) is 5.17 Å². The molecule has 0 aromatic heterocycles. The first-order chi connectivity index (χ1) is 10.7. The summed E-state index contributed by atoms with van der Waals surface area (Å²) in [5.41, 5.74) is 1.15. The molecule has 0 heterocycles. The molecular formula is C16H15N3O2S. The third-order valence-corrected chi connectivity index (χ3v) is 3.26. The number of hydrogen-bond acceptors (Lipinski definition) is 3. The molecule has 2 aromatic carbocycles. The van der Waals surface area contributed by atoms with Crippen molar-refractivity contribution in [3.05, 3.63) is 66.2 Å². The lowest BCUT2D eigenvalue weighted by atomic mass is 10.2. The predicted molar refractivity (Wildman–Crippen MR) is 90.3 cm³/mol. The molecular weight excluding hydrogens is 298 g/mol. The second-order valence-corrected chi connectivity index (χ2v) is 5.03. The molecule has 0 aliphatic carbocycles. The van der Waals surface area contributed by atoms with Gasteiger partial charge in [-0.1, -0.05) is 48.2 Å². The van der Waals surface area contributed by atoms with Crippen molar-refractivity contribution >= 4 is 34.6 Å². The Balaban J connectivity index is 2.01. The van der Waals surface area contributed by atoms with Crippen molar-refractivity contribution in [1.29, 1.82) is 0 Å². The van der Waals surface area contributed by atoms with E-state index in [1.807, 2.05) is 24.3 Å². The molecule has 0 spiro atoms. The second kappa shape index (κ2) is 7.99. The number of anilines is 1. The van der Waals surface area contributed by atoms with Crippen LogP contribution in [-0.4, -0.2) is 23.4 Å². The summed E-state index contributed by atoms with van der Waals surface area (Å²) in [6.45, 7) is 0. The standard InChI is InChI=1S/C16H15N3O2S/c1-22-16(18-14(20)12-8-4-2-5-9-12)19-15(21)17-13-10-6-3-7-11-13/h2-11H,1H3,(H2,17,18,19,20,21). The lowest BCUT2D eigenvalue weighted by Gasteiger charge is -2.06. The van der Waals surface area contributed by atoms with E-state index in [9.17, 15) is 9.59 Å². The minimum Gasteiger partial charge on any atom is -0.306 e. The molecule has 0 aliphatic rings. The van der Waals surface area contributed by atoms with Crippen molar-refractivity contribution in [2.24, 2.45) is 4.99 Å². The lowest BCUT2D eigenvalue weighted by Crippen LogP contribution is -2.29. The van der Waals surface area contributed by atoms with Crippen LogP contribution in [0.5, 0.6) is 0 Å². The van der Waals surface area contributed by atoms with Crippen LogP contribution in [0.25, 0.3) is 0 Å². The summed E-state index contributed by atoms with van der Waals surface area (Å²) in [7, 11) is 0. The van der Waals surface area contributed by atoms with Crippen molar-refractivity contribution in [2.75, 3.05) is 11.6 Å².